The fraction of sp³-hybridized carbons (Fsp3) is 0.125. The fourth-order valence-corrected chi connectivity index (χ4v) is 1.79. The third kappa shape index (κ3) is 4.54. The Kier molecular flexibility index (Phi) is 5.45. The van der Waals surface area contributed by atoms with Crippen LogP contribution in [0.4, 0.5) is 5.69 Å². The van der Waals surface area contributed by atoms with Crippen LogP contribution in [0.5, 0.6) is 0 Å². The van der Waals surface area contributed by atoms with Crippen molar-refractivity contribution in [3.05, 3.63) is 58.3 Å². The second-order valence-electron chi connectivity index (χ2n) is 4.73. The van der Waals surface area contributed by atoms with Crippen molar-refractivity contribution in [3.63, 3.8) is 0 Å². The Balaban J connectivity index is 2.04. The number of carbonyl (C=O) groups excluding carboxylic acids is 2. The molecule has 0 atom stereocenters. The summed E-state index contributed by atoms with van der Waals surface area (Å²) in [4.78, 5) is 32.8. The minimum absolute atomic E-state index is 0.0352. The van der Waals surface area contributed by atoms with Gasteiger partial charge in [0.05, 0.1) is 4.92 Å². The Morgan fingerprint density at radius 3 is 2.75 bits per heavy atom. The van der Waals surface area contributed by atoms with Crippen LogP contribution < -0.4 is 10.9 Å². The van der Waals surface area contributed by atoms with Gasteiger partial charge < -0.3 is 4.42 Å². The van der Waals surface area contributed by atoms with Crippen LogP contribution in [0.25, 0.3) is 17.4 Å². The second-order valence-corrected chi connectivity index (χ2v) is 4.73. The van der Waals surface area contributed by atoms with Gasteiger partial charge >= 0.3 is 0 Å². The Morgan fingerprint density at radius 1 is 1.25 bits per heavy atom. The van der Waals surface area contributed by atoms with Crippen LogP contribution >= 0.6 is 0 Å². The number of nitrogens with one attached hydrogen (secondary N) is 2. The summed E-state index contributed by atoms with van der Waals surface area (Å²) in [6.45, 7) is 1.66. The van der Waals surface area contributed by atoms with Crippen LogP contribution in [0.1, 0.15) is 19.1 Å². The summed E-state index contributed by atoms with van der Waals surface area (Å²) in [7, 11) is 0. The van der Waals surface area contributed by atoms with Crippen LogP contribution in [0, 0.1) is 10.1 Å². The molecular weight excluding hydrogens is 314 g/mol. The van der Waals surface area contributed by atoms with Crippen molar-refractivity contribution < 1.29 is 18.9 Å². The first-order valence-electron chi connectivity index (χ1n) is 7.11. The minimum atomic E-state index is -0.509. The van der Waals surface area contributed by atoms with Crippen molar-refractivity contribution >= 4 is 23.6 Å². The van der Waals surface area contributed by atoms with E-state index in [4.69, 9.17) is 4.42 Å². The van der Waals surface area contributed by atoms with Gasteiger partial charge in [-0.2, -0.15) is 0 Å². The minimum Gasteiger partial charge on any atom is -0.457 e. The molecule has 0 fully saturated rings. The quantitative estimate of drug-likeness (QED) is 0.496. The third-order valence-electron chi connectivity index (χ3n) is 3.01. The Hall–Kier alpha value is -3.42. The molecule has 124 valence electrons. The summed E-state index contributed by atoms with van der Waals surface area (Å²) in [6, 6.07) is 9.32. The zero-order valence-electron chi connectivity index (χ0n) is 12.8. The number of rotatable bonds is 5. The molecule has 1 heterocycles. The average molecular weight is 329 g/mol. The summed E-state index contributed by atoms with van der Waals surface area (Å²) in [5.41, 5.74) is 4.98. The number of hydrogen-bond donors (Lipinski definition) is 2. The van der Waals surface area contributed by atoms with Crippen LogP contribution in [0.15, 0.2) is 46.9 Å². The molecule has 8 heteroatoms. The van der Waals surface area contributed by atoms with Crippen molar-refractivity contribution in [1.29, 1.82) is 0 Å². The zero-order valence-corrected chi connectivity index (χ0v) is 12.8. The summed E-state index contributed by atoms with van der Waals surface area (Å²) in [6.07, 6.45) is 2.88. The van der Waals surface area contributed by atoms with Gasteiger partial charge in [0, 0.05) is 30.2 Å². The second kappa shape index (κ2) is 7.73. The smallest absolute Gasteiger partial charge is 0.270 e. The highest BCUT2D eigenvalue weighted by atomic mass is 16.6. The molecule has 2 N–H and O–H groups in total. The average Bonchev–Trinajstić information content (AvgIpc) is 3.07. The summed E-state index contributed by atoms with van der Waals surface area (Å²) in [5.74, 6) is 0.0272. The molecule has 2 rings (SSSR count). The number of benzene rings is 1. The Bertz CT molecular complexity index is 795. The van der Waals surface area contributed by atoms with Crippen molar-refractivity contribution in [2.45, 2.75) is 13.3 Å². The lowest BCUT2D eigenvalue weighted by Crippen LogP contribution is -2.40. The van der Waals surface area contributed by atoms with Gasteiger partial charge in [-0.05, 0) is 18.2 Å². The number of nitro benzene ring substituents is 1. The maximum absolute atomic E-state index is 11.5. The van der Waals surface area contributed by atoms with E-state index in [2.05, 4.69) is 10.9 Å². The SMILES string of the molecule is CCC(=O)NNC(=O)/C=C\c1ccc(-c2cccc([N+](=O)[O-])c2)o1. The van der Waals surface area contributed by atoms with Crippen molar-refractivity contribution in [3.8, 4) is 11.3 Å². The highest BCUT2D eigenvalue weighted by Crippen LogP contribution is 2.26. The molecule has 24 heavy (non-hydrogen) atoms. The number of non-ortho nitro benzene ring substituents is 1. The molecule has 0 unspecified atom stereocenters. The lowest BCUT2D eigenvalue weighted by Gasteiger charge is -2.01. The standard InChI is InChI=1S/C16H15N3O5/c1-2-15(20)17-18-16(21)9-7-13-6-8-14(24-13)11-4-3-5-12(10-11)19(22)23/h3-10H,2H2,1H3,(H,17,20)(H,18,21)/b9-7-. The van der Waals surface area contributed by atoms with Gasteiger partial charge in [-0.3, -0.25) is 30.6 Å². The number of nitro groups is 1. The van der Waals surface area contributed by atoms with E-state index >= 15 is 0 Å². The predicted molar refractivity (Wildman–Crippen MR) is 86.4 cm³/mol. The lowest BCUT2D eigenvalue weighted by molar-refractivity contribution is -0.384. The molecular formula is C16H15N3O5. The Morgan fingerprint density at radius 2 is 2.04 bits per heavy atom. The summed E-state index contributed by atoms with van der Waals surface area (Å²) >= 11 is 0. The van der Waals surface area contributed by atoms with E-state index in [1.54, 1.807) is 31.2 Å². The fourth-order valence-electron chi connectivity index (χ4n) is 1.79. The molecule has 1 aromatic carbocycles. The molecule has 2 amide bonds. The van der Waals surface area contributed by atoms with Gasteiger partial charge in [0.2, 0.25) is 5.91 Å². The summed E-state index contributed by atoms with van der Waals surface area (Å²) in [5, 5.41) is 10.8. The zero-order chi connectivity index (χ0) is 17.5. The first-order chi connectivity index (χ1) is 11.5. The van der Waals surface area contributed by atoms with E-state index in [0.29, 0.717) is 17.1 Å². The van der Waals surface area contributed by atoms with Crippen LogP contribution in [0.2, 0.25) is 0 Å². The summed E-state index contributed by atoms with van der Waals surface area (Å²) < 4.78 is 5.52. The molecule has 0 spiro atoms. The first kappa shape index (κ1) is 16.9. The monoisotopic (exact) mass is 329 g/mol. The molecule has 8 nitrogen and oxygen atoms in total. The molecule has 0 aliphatic carbocycles. The van der Waals surface area contributed by atoms with Crippen LogP contribution in [0.3, 0.4) is 0 Å². The van der Waals surface area contributed by atoms with E-state index in [-0.39, 0.29) is 18.0 Å². The molecule has 2 aromatic rings. The molecule has 0 radical (unpaired) electrons. The molecule has 0 aliphatic rings. The van der Waals surface area contributed by atoms with E-state index in [1.807, 2.05) is 0 Å². The van der Waals surface area contributed by atoms with Crippen molar-refractivity contribution in [2.75, 3.05) is 0 Å². The van der Waals surface area contributed by atoms with Gasteiger partial charge in [-0.1, -0.05) is 19.1 Å². The number of carbonyl (C=O) groups is 2. The number of amides is 2. The predicted octanol–water partition coefficient (Wildman–Crippen LogP) is 2.43. The van der Waals surface area contributed by atoms with E-state index in [0.717, 1.165) is 0 Å². The van der Waals surface area contributed by atoms with Crippen molar-refractivity contribution in [1.82, 2.24) is 10.9 Å². The molecule has 0 saturated carbocycles. The third-order valence-corrected chi connectivity index (χ3v) is 3.01. The van der Waals surface area contributed by atoms with Gasteiger partial charge in [0.15, 0.2) is 0 Å². The van der Waals surface area contributed by atoms with Crippen LogP contribution in [-0.4, -0.2) is 16.7 Å². The molecule has 0 saturated heterocycles. The number of hydrazine groups is 1. The van der Waals surface area contributed by atoms with Gasteiger partial charge in [0.1, 0.15) is 11.5 Å². The Labute approximate surface area is 137 Å². The number of hydrogen-bond acceptors (Lipinski definition) is 5. The van der Waals surface area contributed by atoms with Crippen molar-refractivity contribution in [2.24, 2.45) is 0 Å². The van der Waals surface area contributed by atoms with E-state index in [9.17, 15) is 19.7 Å². The number of furan rings is 1. The van der Waals surface area contributed by atoms with Gasteiger partial charge in [-0.25, -0.2) is 0 Å². The topological polar surface area (TPSA) is 114 Å². The largest absolute Gasteiger partial charge is 0.457 e. The maximum Gasteiger partial charge on any atom is 0.270 e. The van der Waals surface area contributed by atoms with E-state index in [1.165, 1.54) is 24.3 Å². The highest BCUT2D eigenvalue weighted by molar-refractivity contribution is 5.92. The van der Waals surface area contributed by atoms with Gasteiger partial charge in [0.25, 0.3) is 11.6 Å². The van der Waals surface area contributed by atoms with Crippen LogP contribution in [-0.2, 0) is 9.59 Å². The molecule has 0 bridgehead atoms. The van der Waals surface area contributed by atoms with E-state index < -0.39 is 10.8 Å². The molecule has 0 aliphatic heterocycles. The normalized spacial score (nSPS) is 10.5. The number of nitrogens with zero attached hydrogens (tertiary/aromatic N) is 1. The van der Waals surface area contributed by atoms with Gasteiger partial charge in [-0.15, -0.1) is 0 Å². The first-order valence-corrected chi connectivity index (χ1v) is 7.11. The lowest BCUT2D eigenvalue weighted by atomic mass is 10.1. The highest BCUT2D eigenvalue weighted by Gasteiger charge is 2.09. The molecule has 1 aromatic heterocycles. The maximum atomic E-state index is 11.5.